The van der Waals surface area contributed by atoms with E-state index in [2.05, 4.69) is 43.4 Å². The van der Waals surface area contributed by atoms with Gasteiger partial charge >= 0.3 is 0 Å². The standard InChI is InChI=1S/C24H28FN7O2/c1-7-32(31-27-5)15-19-10-20(12-28-11-19)18(3)30-24(33-6)22(14-26-4)17(2)16-34-23-9-8-21(25)13-29-23/h7-14H,1,3,15-16H2,2,4-6H3/b22-17-,26-14?,30-24?,31-27?. The summed E-state index contributed by atoms with van der Waals surface area (Å²) < 4.78 is 24.2. The van der Waals surface area contributed by atoms with Gasteiger partial charge in [0.15, 0.2) is 0 Å². The largest absolute Gasteiger partial charge is 0.481 e. The van der Waals surface area contributed by atoms with Gasteiger partial charge in [0.05, 0.1) is 38.2 Å². The van der Waals surface area contributed by atoms with Crippen LogP contribution in [-0.2, 0) is 11.3 Å². The molecule has 178 valence electrons. The molecule has 0 radical (unpaired) electrons. The summed E-state index contributed by atoms with van der Waals surface area (Å²) in [6.07, 6.45) is 7.67. The van der Waals surface area contributed by atoms with Gasteiger partial charge < -0.3 is 9.47 Å². The number of ether oxygens (including phenoxy) is 2. The van der Waals surface area contributed by atoms with Crippen molar-refractivity contribution in [1.82, 2.24) is 15.0 Å². The van der Waals surface area contributed by atoms with Crippen molar-refractivity contribution in [2.75, 3.05) is 27.8 Å². The number of aromatic nitrogens is 2. The highest BCUT2D eigenvalue weighted by Gasteiger charge is 2.13. The van der Waals surface area contributed by atoms with Gasteiger partial charge in [-0.15, -0.1) is 0 Å². The summed E-state index contributed by atoms with van der Waals surface area (Å²) in [6.45, 7) is 10.3. The maximum atomic E-state index is 13.1. The maximum absolute atomic E-state index is 13.1. The van der Waals surface area contributed by atoms with Crippen LogP contribution in [0.5, 0.6) is 5.88 Å². The van der Waals surface area contributed by atoms with Crippen LogP contribution in [-0.4, -0.2) is 54.9 Å². The molecule has 0 fully saturated rings. The van der Waals surface area contributed by atoms with Crippen molar-refractivity contribution in [2.24, 2.45) is 20.3 Å². The second-order valence-electron chi connectivity index (χ2n) is 6.90. The van der Waals surface area contributed by atoms with Crippen LogP contribution in [0.1, 0.15) is 18.1 Å². The summed E-state index contributed by atoms with van der Waals surface area (Å²) >= 11 is 0. The molecule has 0 aromatic carbocycles. The van der Waals surface area contributed by atoms with Crippen molar-refractivity contribution in [2.45, 2.75) is 13.5 Å². The lowest BCUT2D eigenvalue weighted by atomic mass is 10.1. The number of methoxy groups -OCH3 is 1. The molecule has 2 aromatic heterocycles. The predicted octanol–water partition coefficient (Wildman–Crippen LogP) is 4.67. The molecule has 9 nitrogen and oxygen atoms in total. The van der Waals surface area contributed by atoms with Gasteiger partial charge in [-0.25, -0.2) is 14.4 Å². The maximum Gasteiger partial charge on any atom is 0.222 e. The van der Waals surface area contributed by atoms with Crippen LogP contribution in [0.4, 0.5) is 4.39 Å². The highest BCUT2D eigenvalue weighted by atomic mass is 19.1. The quantitative estimate of drug-likeness (QED) is 0.208. The number of aliphatic imine (C=N–C) groups is 2. The molecule has 34 heavy (non-hydrogen) atoms. The summed E-state index contributed by atoms with van der Waals surface area (Å²) in [4.78, 5) is 16.8. The van der Waals surface area contributed by atoms with E-state index in [0.717, 1.165) is 17.3 Å². The van der Waals surface area contributed by atoms with Gasteiger partial charge in [0.25, 0.3) is 0 Å². The van der Waals surface area contributed by atoms with E-state index in [4.69, 9.17) is 9.47 Å². The van der Waals surface area contributed by atoms with E-state index in [1.165, 1.54) is 19.2 Å². The molecule has 0 saturated heterocycles. The summed E-state index contributed by atoms with van der Waals surface area (Å²) in [6, 6.07) is 4.64. The Kier molecular flexibility index (Phi) is 10.2. The van der Waals surface area contributed by atoms with E-state index in [-0.39, 0.29) is 6.61 Å². The summed E-state index contributed by atoms with van der Waals surface area (Å²) in [5.74, 6) is 0.172. The van der Waals surface area contributed by atoms with Gasteiger partial charge in [-0.2, -0.15) is 5.11 Å². The number of nitrogens with zero attached hydrogens (tertiary/aromatic N) is 7. The molecule has 10 heteroatoms. The van der Waals surface area contributed by atoms with Crippen molar-refractivity contribution in [3.8, 4) is 5.88 Å². The molecule has 0 aliphatic carbocycles. The van der Waals surface area contributed by atoms with Gasteiger partial charge in [0.2, 0.25) is 11.8 Å². The Bertz CT molecular complexity index is 1110. The van der Waals surface area contributed by atoms with Crippen molar-refractivity contribution in [3.05, 3.63) is 84.2 Å². The molecule has 2 heterocycles. The lowest BCUT2D eigenvalue weighted by molar-refractivity contribution is 0.336. The Morgan fingerprint density at radius 1 is 1.24 bits per heavy atom. The number of hydrogen-bond donors (Lipinski definition) is 0. The van der Waals surface area contributed by atoms with Gasteiger partial charge in [0.1, 0.15) is 12.4 Å². The summed E-state index contributed by atoms with van der Waals surface area (Å²) in [5.41, 5.74) is 3.44. The van der Waals surface area contributed by atoms with Crippen LogP contribution in [0.15, 0.2) is 87.6 Å². The van der Waals surface area contributed by atoms with Crippen LogP contribution in [0.2, 0.25) is 0 Å². The Morgan fingerprint density at radius 3 is 2.65 bits per heavy atom. The highest BCUT2D eigenvalue weighted by molar-refractivity contribution is 6.14. The first-order valence-corrected chi connectivity index (χ1v) is 10.2. The summed E-state index contributed by atoms with van der Waals surface area (Å²) in [7, 11) is 4.74. The van der Waals surface area contributed by atoms with Gasteiger partial charge in [0, 0.05) is 43.5 Å². The van der Waals surface area contributed by atoms with Crippen LogP contribution < -0.4 is 4.74 Å². The van der Waals surface area contributed by atoms with E-state index in [9.17, 15) is 4.39 Å². The molecule has 0 aliphatic heterocycles. The zero-order chi connectivity index (χ0) is 24.9. The fourth-order valence-electron chi connectivity index (χ4n) is 2.75. The minimum atomic E-state index is -0.434. The molecular formula is C24H28FN7O2. The fraction of sp³-hybridized carbons (Fsp3) is 0.250. The molecule has 0 N–H and O–H groups in total. The molecule has 0 aliphatic rings. The third-order valence-electron chi connectivity index (χ3n) is 4.40. The first-order valence-electron chi connectivity index (χ1n) is 10.2. The van der Waals surface area contributed by atoms with Crippen molar-refractivity contribution >= 4 is 17.8 Å². The SMILES string of the molecule is C=CN(Cc1cncc(C(=C)N=C(OC)/C(C=NC)=C(/C)COc2ccc(F)cn2)c1)N=NC. The number of pyridine rings is 2. The minimum absolute atomic E-state index is 0.176. The normalized spacial score (nSPS) is 12.6. The van der Waals surface area contributed by atoms with E-state index in [1.807, 2.05) is 13.0 Å². The molecule has 0 spiro atoms. The van der Waals surface area contributed by atoms with Gasteiger partial charge in [-0.3, -0.25) is 15.0 Å². The Labute approximate surface area is 198 Å². The lowest BCUT2D eigenvalue weighted by Gasteiger charge is -2.13. The summed E-state index contributed by atoms with van der Waals surface area (Å²) in [5, 5.41) is 9.31. The van der Waals surface area contributed by atoms with E-state index < -0.39 is 5.82 Å². The monoisotopic (exact) mass is 465 g/mol. The molecule has 0 atom stereocenters. The molecule has 0 unspecified atom stereocenters. The fourth-order valence-corrected chi connectivity index (χ4v) is 2.75. The van der Waals surface area contributed by atoms with Crippen LogP contribution >= 0.6 is 0 Å². The molecule has 0 amide bonds. The Balaban J connectivity index is 2.27. The highest BCUT2D eigenvalue weighted by Crippen LogP contribution is 2.18. The van der Waals surface area contributed by atoms with Crippen molar-refractivity contribution in [3.63, 3.8) is 0 Å². The lowest BCUT2D eigenvalue weighted by Crippen LogP contribution is -2.13. The van der Waals surface area contributed by atoms with Crippen LogP contribution in [0, 0.1) is 5.82 Å². The second-order valence-corrected chi connectivity index (χ2v) is 6.90. The Hall–Kier alpha value is -4.21. The topological polar surface area (TPSA) is 96.9 Å². The first kappa shape index (κ1) is 26.0. The van der Waals surface area contributed by atoms with Crippen molar-refractivity contribution < 1.29 is 13.9 Å². The van der Waals surface area contributed by atoms with Crippen LogP contribution in [0.25, 0.3) is 5.70 Å². The molecule has 0 bridgehead atoms. The molecule has 2 rings (SSSR count). The zero-order valence-electron chi connectivity index (χ0n) is 19.8. The number of hydrogen-bond acceptors (Lipinski definition) is 8. The zero-order valence-corrected chi connectivity index (χ0v) is 19.8. The average Bonchev–Trinajstić information content (AvgIpc) is 2.85. The molecular weight excluding hydrogens is 437 g/mol. The van der Waals surface area contributed by atoms with E-state index >= 15 is 0 Å². The molecule has 2 aromatic rings. The Morgan fingerprint density at radius 2 is 2.03 bits per heavy atom. The predicted molar refractivity (Wildman–Crippen MR) is 131 cm³/mol. The van der Waals surface area contributed by atoms with Gasteiger partial charge in [-0.05, 0) is 30.2 Å². The average molecular weight is 466 g/mol. The van der Waals surface area contributed by atoms with Crippen LogP contribution in [0.3, 0.4) is 0 Å². The number of rotatable bonds is 11. The smallest absolute Gasteiger partial charge is 0.222 e. The first-order chi connectivity index (χ1) is 16.4. The van der Waals surface area contributed by atoms with E-state index in [0.29, 0.717) is 35.2 Å². The third-order valence-corrected chi connectivity index (χ3v) is 4.40. The van der Waals surface area contributed by atoms with E-state index in [1.54, 1.807) is 43.9 Å². The third kappa shape index (κ3) is 7.73. The van der Waals surface area contributed by atoms with Crippen molar-refractivity contribution in [1.29, 1.82) is 0 Å². The molecule has 0 saturated carbocycles. The minimum Gasteiger partial charge on any atom is -0.481 e. The second kappa shape index (κ2) is 13.4. The number of halogens is 1. The van der Waals surface area contributed by atoms with Gasteiger partial charge in [-0.1, -0.05) is 18.4 Å².